The van der Waals surface area contributed by atoms with Crippen LogP contribution in [0.3, 0.4) is 0 Å². The Kier molecular flexibility index (Phi) is 48.2. The van der Waals surface area contributed by atoms with Gasteiger partial charge < -0.3 is 123 Å². The highest BCUT2D eigenvalue weighted by Gasteiger charge is 2.55. The fourth-order valence-corrected chi connectivity index (χ4v) is 20.2. The van der Waals surface area contributed by atoms with Crippen LogP contribution >= 0.6 is 0 Å². The molecule has 6 aromatic heterocycles. The van der Waals surface area contributed by atoms with Gasteiger partial charge in [-0.3, -0.25) is 24.8 Å². The van der Waals surface area contributed by atoms with E-state index in [0.717, 1.165) is 332 Å². The van der Waals surface area contributed by atoms with Crippen LogP contribution in [0.4, 0.5) is 0 Å². The molecular formula is C96H146N18O14Si2. The first-order valence-corrected chi connectivity index (χ1v) is 51.4. The van der Waals surface area contributed by atoms with Crippen LogP contribution in [-0.2, 0) is 40.8 Å². The molecule has 11 heterocycles. The first-order chi connectivity index (χ1) is 64.1. The van der Waals surface area contributed by atoms with Crippen molar-refractivity contribution in [3.8, 4) is 90.8 Å². The lowest BCUT2D eigenvalue weighted by atomic mass is 10.0. The molecule has 0 radical (unpaired) electrons. The summed E-state index contributed by atoms with van der Waals surface area (Å²) < 4.78 is 76.2. The molecule has 0 amide bonds. The fraction of sp³-hybridized carbons (Fsp3) is 0.562. The minimum atomic E-state index is -2.44. The second-order valence-corrected chi connectivity index (χ2v) is 37.7. The molecule has 5 fully saturated rings. The van der Waals surface area contributed by atoms with Gasteiger partial charge in [-0.1, -0.05) is 52.0 Å². The standard InChI is InChI=1S/C48H73N9O7Si.C39H57N9O2.C9H16O5Si/c1-3-49-18-19-53-21-20-51-14-9-27-60-42-30-39(40-32-47(45-12-5-7-16-54-45)56-48(33-40)46-13-6-8-17-55-46)31-43(34-42)61-28-10-15-52-23-25-57(24-22-50-4-2)35-41(58)36-59-26-11-29-65-62-37-44(64-65)38-63-65;1-3-40-17-19-44-23-21-42-13-9-25-49-34-27-32(28-35(31-34)50-26-10-14-43-22-24-45-20-18-41-4-2)33-29-38(36-11-5-7-15-46-36)48-39(30-33)37-12-6-8-16-47-37;1(2-10-4-8-5-11-8)3-15-12-6-9(14-15)7-13-15/h5-8,12-13,16-17,30-34,41,44,49-53,58H,3-4,9-11,14-15,18-29,35-38H2,1-2H3;5-8,11-12,15-16,27-31,40-45H,3-4,9-10,13-14,17-26H2,1-2H3;8-9H,1-7H2. The van der Waals surface area contributed by atoms with Crippen LogP contribution in [0.2, 0.25) is 12.1 Å². The molecule has 8 aromatic rings. The predicted molar refractivity (Wildman–Crippen MR) is 515 cm³/mol. The predicted octanol–water partition coefficient (Wildman–Crippen LogP) is 8.02. The van der Waals surface area contributed by atoms with Crippen LogP contribution in [-0.4, -0.2) is 331 Å². The first-order valence-electron chi connectivity index (χ1n) is 47.5. The lowest BCUT2D eigenvalue weighted by Gasteiger charge is -2.25. The zero-order chi connectivity index (χ0) is 90.2. The van der Waals surface area contributed by atoms with Crippen molar-refractivity contribution in [1.82, 2.24) is 93.3 Å². The summed E-state index contributed by atoms with van der Waals surface area (Å²) in [4.78, 5) is 30.6. The Balaban J connectivity index is 0.000000220. The average molecular weight is 1830 g/mol. The smallest absolute Gasteiger partial charge is 0.493 e. The monoisotopic (exact) mass is 1830 g/mol. The van der Waals surface area contributed by atoms with Crippen LogP contribution in [0.15, 0.2) is 158 Å². The number of aliphatic hydroxyl groups excluding tert-OH is 1. The quantitative estimate of drug-likeness (QED) is 0.00975. The van der Waals surface area contributed by atoms with Crippen molar-refractivity contribution < 1.29 is 64.8 Å². The molecule has 34 heteroatoms. The van der Waals surface area contributed by atoms with Gasteiger partial charge in [0.1, 0.15) is 29.1 Å². The summed E-state index contributed by atoms with van der Waals surface area (Å²) in [7, 11) is -4.65. The highest BCUT2D eigenvalue weighted by atomic mass is 28.4. The summed E-state index contributed by atoms with van der Waals surface area (Å²) in [6, 6.07) is 45.6. The van der Waals surface area contributed by atoms with Gasteiger partial charge in [-0.15, -0.1) is 0 Å². The summed E-state index contributed by atoms with van der Waals surface area (Å²) in [5, 5.41) is 48.6. The Bertz CT molecular complexity index is 4160. The van der Waals surface area contributed by atoms with Crippen LogP contribution in [0.5, 0.6) is 23.0 Å². The minimum absolute atomic E-state index is 0.109. The van der Waals surface area contributed by atoms with E-state index in [2.05, 4.69) is 160 Å². The topological polar surface area (TPSA) is 356 Å². The van der Waals surface area contributed by atoms with Crippen LogP contribution in [0, 0.1) is 0 Å². The van der Waals surface area contributed by atoms with Crippen molar-refractivity contribution in [2.75, 3.05) is 250 Å². The molecule has 0 saturated carbocycles. The molecular weight excluding hydrogens is 1690 g/mol. The fourth-order valence-electron chi connectivity index (χ4n) is 14.7. The Morgan fingerprint density at radius 1 is 0.354 bits per heavy atom. The lowest BCUT2D eigenvalue weighted by molar-refractivity contribution is 0.0164. The van der Waals surface area contributed by atoms with E-state index in [4.69, 9.17) is 69.7 Å². The number of nitrogens with zero attached hydrogens (tertiary/aromatic N) is 7. The normalized spacial score (nSPS) is 17.8. The van der Waals surface area contributed by atoms with E-state index < -0.39 is 23.7 Å². The molecule has 12 N–H and O–H groups in total. The zero-order valence-electron chi connectivity index (χ0n) is 77.2. The van der Waals surface area contributed by atoms with Gasteiger partial charge in [0.15, 0.2) is 0 Å². The van der Waals surface area contributed by atoms with E-state index in [9.17, 15) is 5.11 Å². The van der Waals surface area contributed by atoms with Gasteiger partial charge in [0.05, 0.1) is 137 Å². The van der Waals surface area contributed by atoms with Crippen LogP contribution in [0.1, 0.15) is 66.2 Å². The number of likely N-dealkylation sites (N-methyl/N-ethyl adjacent to an activating group) is 4. The van der Waals surface area contributed by atoms with Crippen LogP contribution < -0.4 is 77.4 Å². The maximum Gasteiger partial charge on any atom is 0.501 e. The molecule has 4 bridgehead atoms. The molecule has 0 spiro atoms. The molecule has 5 saturated heterocycles. The number of ether oxygens (including phenoxy) is 7. The van der Waals surface area contributed by atoms with Crippen molar-refractivity contribution in [3.05, 3.63) is 158 Å². The van der Waals surface area contributed by atoms with Crippen molar-refractivity contribution in [1.29, 1.82) is 0 Å². The van der Waals surface area contributed by atoms with E-state index in [1.54, 1.807) is 24.8 Å². The summed E-state index contributed by atoms with van der Waals surface area (Å²) in [6.07, 6.45) is 12.5. The van der Waals surface area contributed by atoms with Crippen LogP contribution in [0.25, 0.3) is 67.8 Å². The van der Waals surface area contributed by atoms with E-state index in [1.807, 2.05) is 84.9 Å². The summed E-state index contributed by atoms with van der Waals surface area (Å²) >= 11 is 0. The number of nitrogens with one attached hydrogen (secondary N) is 11. The van der Waals surface area contributed by atoms with Gasteiger partial charge in [0.25, 0.3) is 0 Å². The maximum absolute atomic E-state index is 10.8. The van der Waals surface area contributed by atoms with Crippen molar-refractivity contribution in [2.45, 2.75) is 103 Å². The number of rotatable bonds is 68. The van der Waals surface area contributed by atoms with Crippen molar-refractivity contribution >= 4 is 17.6 Å². The second kappa shape index (κ2) is 61.1. The Hall–Kier alpha value is -7.91. The molecule has 13 rings (SSSR count). The third-order valence-electron chi connectivity index (χ3n) is 21.6. The number of hydrogen-bond acceptors (Lipinski definition) is 32. The average Bonchev–Trinajstić information content (AvgIpc) is 1.64. The Morgan fingerprint density at radius 3 is 0.977 bits per heavy atom. The number of pyridine rings is 6. The Labute approximate surface area is 772 Å². The molecule has 130 heavy (non-hydrogen) atoms. The first kappa shape index (κ1) is 103. The minimum Gasteiger partial charge on any atom is -0.493 e. The third-order valence-corrected chi connectivity index (χ3v) is 27.4. The number of epoxide rings is 1. The molecule has 32 nitrogen and oxygen atoms in total. The van der Waals surface area contributed by atoms with Gasteiger partial charge in [-0.2, -0.15) is 0 Å². The number of hydrogen-bond donors (Lipinski definition) is 12. The molecule has 5 aliphatic heterocycles. The number of aromatic nitrogens is 6. The third kappa shape index (κ3) is 39.0. The second-order valence-electron chi connectivity index (χ2n) is 32.3. The highest BCUT2D eigenvalue weighted by Crippen LogP contribution is 2.38. The number of benzene rings is 2. The van der Waals surface area contributed by atoms with Gasteiger partial charge in [-0.25, -0.2) is 9.97 Å². The van der Waals surface area contributed by atoms with E-state index in [0.29, 0.717) is 65.5 Å². The van der Waals surface area contributed by atoms with Crippen molar-refractivity contribution in [3.63, 3.8) is 0 Å². The SMILES string of the molecule is C(COCC1CO1)C[Si]12OCC(CO1)O2.CCNCCNCCNCCCOc1cc(OCCCNCCN(CCNCC)CC(O)COCCC[Si]23OCC(CO2)O3)cc(-c2cc(-c3ccccn3)nc(-c3ccccn3)c2)c1.CCNCCNCCNCCCOc1cc(OCCCNCCNCCNCC)cc(-c2cc(-c3ccccn3)nc(-c3ccccn3)c2)c1. The highest BCUT2D eigenvalue weighted by molar-refractivity contribution is 6.62. The van der Waals surface area contributed by atoms with Crippen molar-refractivity contribution in [2.24, 2.45) is 0 Å². The van der Waals surface area contributed by atoms with E-state index in [-0.39, 0.29) is 12.2 Å². The summed E-state index contributed by atoms with van der Waals surface area (Å²) in [5.41, 5.74) is 10.1. The zero-order valence-corrected chi connectivity index (χ0v) is 79.2. The van der Waals surface area contributed by atoms with Gasteiger partial charge in [0, 0.05) is 173 Å². The molecule has 2 unspecified atom stereocenters. The summed E-state index contributed by atoms with van der Waals surface area (Å²) in [5.74, 6) is 3.04. The molecule has 0 aliphatic carbocycles. The molecule has 712 valence electrons. The van der Waals surface area contributed by atoms with Gasteiger partial charge >= 0.3 is 17.6 Å². The maximum atomic E-state index is 10.8. The largest absolute Gasteiger partial charge is 0.501 e. The lowest BCUT2D eigenvalue weighted by Crippen LogP contribution is -2.42. The van der Waals surface area contributed by atoms with E-state index in [1.165, 1.54) is 0 Å². The number of aliphatic hydroxyl groups is 1. The number of fused-ring (bicyclic) bond motifs is 4. The van der Waals surface area contributed by atoms with Gasteiger partial charge in [-0.05, 0) is 210 Å². The van der Waals surface area contributed by atoms with E-state index >= 15 is 0 Å². The molecule has 2 atom stereocenters. The summed E-state index contributed by atoms with van der Waals surface area (Å²) in [6.45, 7) is 39.4. The molecule has 5 aliphatic rings. The molecule has 2 aromatic carbocycles. The Morgan fingerprint density at radius 2 is 0.662 bits per heavy atom. The van der Waals surface area contributed by atoms with Gasteiger partial charge in [0.2, 0.25) is 0 Å².